The molecule has 0 heterocycles. The Kier molecular flexibility index (Phi) is 10.1. The summed E-state index contributed by atoms with van der Waals surface area (Å²) < 4.78 is 0. The molecule has 0 aromatic heterocycles. The van der Waals surface area contributed by atoms with Crippen molar-refractivity contribution in [3.05, 3.63) is 71.3 Å². The molecular weight excluding hydrogens is 463 g/mol. The van der Waals surface area contributed by atoms with E-state index < -0.39 is 26.2 Å². The van der Waals surface area contributed by atoms with Gasteiger partial charge in [0.05, 0.1) is 0 Å². The second kappa shape index (κ2) is 10.9. The predicted molar refractivity (Wildman–Crippen MR) is 105 cm³/mol. The number of hydrogen-bond acceptors (Lipinski definition) is 0. The van der Waals surface area contributed by atoms with Crippen LogP contribution in [0.3, 0.4) is 0 Å². The number of benzene rings is 1. The maximum atomic E-state index is 5.65. The Morgan fingerprint density at radius 1 is 1.00 bits per heavy atom. The van der Waals surface area contributed by atoms with Crippen LogP contribution in [0, 0.1) is 20.8 Å². The Labute approximate surface area is 156 Å². The van der Waals surface area contributed by atoms with Gasteiger partial charge in [0.15, 0.2) is 0 Å². The van der Waals surface area contributed by atoms with Gasteiger partial charge in [0.1, 0.15) is 0 Å². The van der Waals surface area contributed by atoms with Crippen molar-refractivity contribution in [2.75, 3.05) is 0 Å². The molecule has 0 fully saturated rings. The molecule has 4 heteroatoms. The molecule has 0 N–H and O–H groups in total. The van der Waals surface area contributed by atoms with E-state index in [0.29, 0.717) is 0 Å². The van der Waals surface area contributed by atoms with Crippen molar-refractivity contribution >= 4 is 37.8 Å². The van der Waals surface area contributed by atoms with E-state index in [2.05, 4.69) is 74.7 Å². The molecule has 0 aliphatic rings. The van der Waals surface area contributed by atoms with E-state index >= 15 is 0 Å². The van der Waals surface area contributed by atoms with Gasteiger partial charge in [0.25, 0.3) is 0 Å². The van der Waals surface area contributed by atoms with Crippen molar-refractivity contribution in [2.45, 2.75) is 32.3 Å². The van der Waals surface area contributed by atoms with E-state index in [-0.39, 0.29) is 0 Å². The van der Waals surface area contributed by atoms with Crippen molar-refractivity contribution in [2.24, 2.45) is 0 Å². The van der Waals surface area contributed by atoms with Gasteiger partial charge in [-0.25, -0.2) is 11.6 Å². The average molecular weight is 487 g/mol. The molecule has 0 spiro atoms. The SMILES string of the molecule is Cc1[cH-]c2ccccc2c1C.Cc1cc[cH-]c1.[CH3][Ge]([CH3])=[Zr]([Cl])[Cl]. The van der Waals surface area contributed by atoms with E-state index in [9.17, 15) is 0 Å². The molecule has 0 unspecified atom stereocenters. The minimum absolute atomic E-state index is 0.735. The Hall–Kier alpha value is 0.186. The monoisotopic (exact) mass is 486 g/mol. The quantitative estimate of drug-likeness (QED) is 0.236. The molecule has 3 aromatic rings. The predicted octanol–water partition coefficient (Wildman–Crippen LogP) is 7.05. The maximum absolute atomic E-state index is 5.65. The zero-order chi connectivity index (χ0) is 17.4. The molecule has 0 saturated carbocycles. The van der Waals surface area contributed by atoms with Crippen LogP contribution in [-0.2, 0) is 16.2 Å². The Balaban J connectivity index is 0.000000189. The summed E-state index contributed by atoms with van der Waals surface area (Å²) in [5.41, 5.74) is 4.15. The van der Waals surface area contributed by atoms with Crippen LogP contribution in [0.2, 0.25) is 11.5 Å². The van der Waals surface area contributed by atoms with Crippen molar-refractivity contribution < 1.29 is 16.2 Å². The molecule has 0 nitrogen and oxygen atoms in total. The fourth-order valence-corrected chi connectivity index (χ4v) is 1.99. The van der Waals surface area contributed by atoms with E-state index in [1.54, 1.807) is 0 Å². The van der Waals surface area contributed by atoms with Crippen LogP contribution < -0.4 is 0 Å². The second-order valence-corrected chi connectivity index (χ2v) is 43.7. The summed E-state index contributed by atoms with van der Waals surface area (Å²) in [6, 6.07) is 19.0. The third-order valence-electron chi connectivity index (χ3n) is 3.54. The third kappa shape index (κ3) is 7.74. The van der Waals surface area contributed by atoms with Crippen LogP contribution in [0.5, 0.6) is 0 Å². The van der Waals surface area contributed by atoms with Gasteiger partial charge in [-0.1, -0.05) is 26.8 Å². The molecule has 0 atom stereocenters. The number of hydrogen-bond donors (Lipinski definition) is 0. The summed E-state index contributed by atoms with van der Waals surface area (Å²) in [6.45, 7) is 6.42. The Morgan fingerprint density at radius 2 is 1.61 bits per heavy atom. The van der Waals surface area contributed by atoms with Gasteiger partial charge in [0, 0.05) is 0 Å². The zero-order valence-corrected chi connectivity index (χ0v) is 20.5. The van der Waals surface area contributed by atoms with Crippen LogP contribution in [0.15, 0.2) is 54.6 Å². The number of aryl methyl sites for hydroxylation is 3. The van der Waals surface area contributed by atoms with Crippen molar-refractivity contribution in [3.8, 4) is 0 Å². The molecule has 0 saturated heterocycles. The topological polar surface area (TPSA) is 0 Å². The first-order chi connectivity index (χ1) is 10.8. The fraction of sp³-hybridized carbons (Fsp3) is 0.263. The molecule has 0 amide bonds. The number of rotatable bonds is 0. The Bertz CT molecular complexity index is 737. The first-order valence-corrected chi connectivity index (χ1v) is 25.6. The minimum atomic E-state index is -1.59. The molecule has 0 radical (unpaired) electrons. The average Bonchev–Trinajstić information content (AvgIpc) is 3.09. The summed E-state index contributed by atoms with van der Waals surface area (Å²) in [6.07, 6.45) is 0. The first-order valence-electron chi connectivity index (χ1n) is 7.61. The van der Waals surface area contributed by atoms with Crippen LogP contribution in [0.1, 0.15) is 16.7 Å². The van der Waals surface area contributed by atoms with Gasteiger partial charge in [-0.3, -0.25) is 0 Å². The van der Waals surface area contributed by atoms with E-state index in [4.69, 9.17) is 17.0 Å². The van der Waals surface area contributed by atoms with Gasteiger partial charge in [-0.2, -0.15) is 23.8 Å². The summed E-state index contributed by atoms with van der Waals surface area (Å²) in [7, 11) is 10.6. The molecule has 3 rings (SSSR count). The molecule has 3 aromatic carbocycles. The van der Waals surface area contributed by atoms with Gasteiger partial charge in [-0.15, -0.1) is 40.6 Å². The Morgan fingerprint density at radius 3 is 2.00 bits per heavy atom. The van der Waals surface area contributed by atoms with E-state index in [1.165, 1.54) is 27.5 Å². The summed E-state index contributed by atoms with van der Waals surface area (Å²) in [4.78, 5) is 0. The van der Waals surface area contributed by atoms with Crippen LogP contribution in [-0.4, -0.2) is 9.98 Å². The molecule has 0 aliphatic heterocycles. The van der Waals surface area contributed by atoms with Crippen LogP contribution in [0.4, 0.5) is 0 Å². The van der Waals surface area contributed by atoms with E-state index in [0.717, 1.165) is 0 Å². The standard InChI is InChI=1S/C11H11.C6H7.C2H6Ge.2ClH.Zr/c1-8-7-10-5-3-4-6-11(10)9(8)2;1-6-4-2-3-5-6;1-3-2;;;/h3-7H,1-2H3;2-5H,1H3;1-2H3;2*1H;/q2*-1;;;;+2/p-2. The first kappa shape index (κ1) is 21.2. The van der Waals surface area contributed by atoms with Gasteiger partial charge in [0.2, 0.25) is 0 Å². The van der Waals surface area contributed by atoms with Gasteiger partial charge in [-0.05, 0) is 0 Å². The summed E-state index contributed by atoms with van der Waals surface area (Å²) in [5, 5.41) is 2.76. The van der Waals surface area contributed by atoms with Crippen molar-refractivity contribution in [1.29, 1.82) is 0 Å². The summed E-state index contributed by atoms with van der Waals surface area (Å²) >= 11 is -1.59. The molecule has 23 heavy (non-hydrogen) atoms. The van der Waals surface area contributed by atoms with Crippen LogP contribution >= 0.6 is 17.0 Å². The van der Waals surface area contributed by atoms with Crippen molar-refractivity contribution in [1.82, 2.24) is 0 Å². The van der Waals surface area contributed by atoms with Gasteiger partial charge >= 0.3 is 54.8 Å². The number of fused-ring (bicyclic) bond motifs is 1. The molecule has 0 aliphatic carbocycles. The van der Waals surface area contributed by atoms with Gasteiger partial charge < -0.3 is 0 Å². The normalized spacial score (nSPS) is 9.52. The fourth-order valence-electron chi connectivity index (χ4n) is 1.99. The molecule has 124 valence electrons. The third-order valence-corrected chi connectivity index (χ3v) is 38.0. The second-order valence-electron chi connectivity index (χ2n) is 5.76. The summed E-state index contributed by atoms with van der Waals surface area (Å²) in [5.74, 6) is 4.46. The molecule has 0 bridgehead atoms. The molecular formula is C19H24Cl2GeZr-2. The zero-order valence-electron chi connectivity index (χ0n) is 14.5. The van der Waals surface area contributed by atoms with Crippen LogP contribution in [0.25, 0.3) is 10.8 Å². The number of halogens is 2. The van der Waals surface area contributed by atoms with Crippen molar-refractivity contribution in [3.63, 3.8) is 0 Å². The van der Waals surface area contributed by atoms with E-state index in [1.807, 2.05) is 12.1 Å².